The molecule has 4 rings (SSSR count). The molecule has 0 aliphatic heterocycles. The van der Waals surface area contributed by atoms with E-state index in [1.54, 1.807) is 0 Å². The Labute approximate surface area is 179 Å². The third kappa shape index (κ3) is 4.41. The van der Waals surface area contributed by atoms with E-state index in [1.807, 2.05) is 61.5 Å². The van der Waals surface area contributed by atoms with Gasteiger partial charge in [-0.25, -0.2) is 0 Å². The van der Waals surface area contributed by atoms with E-state index in [1.165, 1.54) is 11.8 Å². The Hall–Kier alpha value is -3.46. The molecule has 0 unspecified atom stereocenters. The smallest absolute Gasteiger partial charge is 0.232 e. The first-order valence-corrected chi connectivity index (χ1v) is 10.6. The molecule has 0 atom stereocenters. The average Bonchev–Trinajstić information content (AvgIpc) is 3.17. The SMILES string of the molecule is CCn1c(SCc2nc(N)nc(Nc3ccccc3C)n2)nnc1-c1ccccc1. The molecule has 0 saturated carbocycles. The molecule has 30 heavy (non-hydrogen) atoms. The predicted molar refractivity (Wildman–Crippen MR) is 119 cm³/mol. The van der Waals surface area contributed by atoms with Crippen LogP contribution in [0.25, 0.3) is 11.4 Å². The third-order valence-corrected chi connectivity index (χ3v) is 5.45. The van der Waals surface area contributed by atoms with Crippen LogP contribution < -0.4 is 11.1 Å². The van der Waals surface area contributed by atoms with Crippen molar-refractivity contribution in [1.82, 2.24) is 29.7 Å². The standard InChI is InChI=1S/C21H22N8S/c1-3-29-18(15-10-5-4-6-11-15)27-28-21(29)30-13-17-24-19(22)26-20(25-17)23-16-12-8-7-9-14(16)2/h4-12H,3,13H2,1-2H3,(H3,22,23,24,25,26). The molecule has 2 heterocycles. The van der Waals surface area contributed by atoms with Gasteiger partial charge in [-0.05, 0) is 25.5 Å². The normalized spacial score (nSPS) is 10.9. The van der Waals surface area contributed by atoms with Crippen LogP contribution in [-0.2, 0) is 12.3 Å². The van der Waals surface area contributed by atoms with Gasteiger partial charge in [-0.3, -0.25) is 0 Å². The van der Waals surface area contributed by atoms with Crippen LogP contribution in [0.1, 0.15) is 18.3 Å². The Morgan fingerprint density at radius 2 is 1.73 bits per heavy atom. The van der Waals surface area contributed by atoms with Crippen molar-refractivity contribution >= 4 is 29.3 Å². The van der Waals surface area contributed by atoms with Gasteiger partial charge >= 0.3 is 0 Å². The fraction of sp³-hybridized carbons (Fsp3) is 0.190. The van der Waals surface area contributed by atoms with E-state index >= 15 is 0 Å². The molecule has 0 saturated heterocycles. The second-order valence-electron chi connectivity index (χ2n) is 6.58. The van der Waals surface area contributed by atoms with Gasteiger partial charge in [0.15, 0.2) is 11.0 Å². The summed E-state index contributed by atoms with van der Waals surface area (Å²) in [4.78, 5) is 13.0. The number of rotatable bonds is 7. The lowest BCUT2D eigenvalue weighted by Crippen LogP contribution is -2.07. The Kier molecular flexibility index (Phi) is 5.89. The second kappa shape index (κ2) is 8.91. The molecule has 0 aliphatic carbocycles. The number of nitrogen functional groups attached to an aromatic ring is 1. The number of anilines is 3. The molecule has 0 fully saturated rings. The van der Waals surface area contributed by atoms with E-state index in [9.17, 15) is 0 Å². The van der Waals surface area contributed by atoms with Gasteiger partial charge in [0, 0.05) is 17.8 Å². The zero-order valence-electron chi connectivity index (χ0n) is 16.8. The molecule has 8 nitrogen and oxygen atoms in total. The Bertz CT molecular complexity index is 1140. The Morgan fingerprint density at radius 1 is 0.967 bits per heavy atom. The molecule has 0 amide bonds. The van der Waals surface area contributed by atoms with Crippen molar-refractivity contribution < 1.29 is 0 Å². The number of thioether (sulfide) groups is 1. The highest BCUT2D eigenvalue weighted by Gasteiger charge is 2.14. The summed E-state index contributed by atoms with van der Waals surface area (Å²) in [6.45, 7) is 4.86. The molecular weight excluding hydrogens is 396 g/mol. The van der Waals surface area contributed by atoms with Crippen LogP contribution >= 0.6 is 11.8 Å². The lowest BCUT2D eigenvalue weighted by molar-refractivity contribution is 0.687. The monoisotopic (exact) mass is 418 g/mol. The fourth-order valence-corrected chi connectivity index (χ4v) is 3.86. The molecule has 3 N–H and O–H groups in total. The molecule has 4 aromatic rings. The predicted octanol–water partition coefficient (Wildman–Crippen LogP) is 4.08. The number of aromatic nitrogens is 6. The van der Waals surface area contributed by atoms with E-state index in [-0.39, 0.29) is 5.95 Å². The quantitative estimate of drug-likeness (QED) is 0.432. The highest BCUT2D eigenvalue weighted by Crippen LogP contribution is 2.26. The highest BCUT2D eigenvalue weighted by atomic mass is 32.2. The van der Waals surface area contributed by atoms with Crippen LogP contribution in [-0.4, -0.2) is 29.7 Å². The van der Waals surface area contributed by atoms with Gasteiger partial charge in [0.1, 0.15) is 5.82 Å². The summed E-state index contributed by atoms with van der Waals surface area (Å²) in [6, 6.07) is 18.0. The molecule has 0 aliphatic rings. The van der Waals surface area contributed by atoms with Crippen LogP contribution in [0, 0.1) is 6.92 Å². The van der Waals surface area contributed by atoms with Crippen LogP contribution in [0.5, 0.6) is 0 Å². The molecule has 0 bridgehead atoms. The summed E-state index contributed by atoms with van der Waals surface area (Å²) in [5.41, 5.74) is 8.97. The van der Waals surface area contributed by atoms with Crippen molar-refractivity contribution in [1.29, 1.82) is 0 Å². The van der Waals surface area contributed by atoms with Crippen molar-refractivity contribution in [2.75, 3.05) is 11.1 Å². The van der Waals surface area contributed by atoms with E-state index in [2.05, 4.69) is 42.0 Å². The number of hydrogen-bond donors (Lipinski definition) is 2. The Morgan fingerprint density at radius 3 is 2.50 bits per heavy atom. The molecule has 0 spiro atoms. The van der Waals surface area contributed by atoms with Crippen molar-refractivity contribution in [2.24, 2.45) is 0 Å². The summed E-state index contributed by atoms with van der Waals surface area (Å²) in [5, 5.41) is 12.8. The molecule has 2 aromatic carbocycles. The Balaban J connectivity index is 1.52. The lowest BCUT2D eigenvalue weighted by atomic mass is 10.2. The number of benzene rings is 2. The summed E-state index contributed by atoms with van der Waals surface area (Å²) < 4.78 is 2.08. The van der Waals surface area contributed by atoms with Gasteiger partial charge in [-0.2, -0.15) is 15.0 Å². The number of para-hydroxylation sites is 1. The second-order valence-corrected chi connectivity index (χ2v) is 7.52. The summed E-state index contributed by atoms with van der Waals surface area (Å²) >= 11 is 1.52. The third-order valence-electron chi connectivity index (χ3n) is 4.49. The van der Waals surface area contributed by atoms with Crippen LogP contribution in [0.3, 0.4) is 0 Å². The fourth-order valence-electron chi connectivity index (χ4n) is 3.00. The van der Waals surface area contributed by atoms with Gasteiger partial charge in [0.2, 0.25) is 11.9 Å². The minimum atomic E-state index is 0.179. The number of nitrogens with two attached hydrogens (primary N) is 1. The zero-order chi connectivity index (χ0) is 20.9. The molecule has 2 aromatic heterocycles. The van der Waals surface area contributed by atoms with Crippen LogP contribution in [0.4, 0.5) is 17.6 Å². The molecule has 9 heteroatoms. The maximum Gasteiger partial charge on any atom is 0.232 e. The van der Waals surface area contributed by atoms with Crippen LogP contribution in [0.2, 0.25) is 0 Å². The van der Waals surface area contributed by atoms with Gasteiger partial charge in [-0.15, -0.1) is 10.2 Å². The average molecular weight is 419 g/mol. The van der Waals surface area contributed by atoms with Crippen molar-refractivity contribution in [2.45, 2.75) is 31.3 Å². The van der Waals surface area contributed by atoms with E-state index in [4.69, 9.17) is 5.73 Å². The number of hydrogen-bond acceptors (Lipinski definition) is 8. The van der Waals surface area contributed by atoms with E-state index in [0.29, 0.717) is 17.5 Å². The maximum absolute atomic E-state index is 5.91. The van der Waals surface area contributed by atoms with Crippen molar-refractivity contribution in [3.05, 3.63) is 66.0 Å². The summed E-state index contributed by atoms with van der Waals surface area (Å²) in [6.07, 6.45) is 0. The number of nitrogens with zero attached hydrogens (tertiary/aromatic N) is 6. The lowest BCUT2D eigenvalue weighted by Gasteiger charge is -2.10. The summed E-state index contributed by atoms with van der Waals surface area (Å²) in [5.74, 6) is 2.53. The van der Waals surface area contributed by atoms with Gasteiger partial charge in [0.25, 0.3) is 0 Å². The largest absolute Gasteiger partial charge is 0.368 e. The number of aryl methyl sites for hydroxylation is 1. The minimum Gasteiger partial charge on any atom is -0.368 e. The minimum absolute atomic E-state index is 0.179. The molecule has 0 radical (unpaired) electrons. The van der Waals surface area contributed by atoms with E-state index in [0.717, 1.165) is 34.3 Å². The first-order valence-electron chi connectivity index (χ1n) is 9.58. The van der Waals surface area contributed by atoms with Crippen molar-refractivity contribution in [3.63, 3.8) is 0 Å². The number of nitrogens with one attached hydrogen (secondary N) is 1. The maximum atomic E-state index is 5.91. The van der Waals surface area contributed by atoms with E-state index < -0.39 is 0 Å². The van der Waals surface area contributed by atoms with Gasteiger partial charge in [-0.1, -0.05) is 60.3 Å². The first kappa shape index (κ1) is 19.8. The first-order chi connectivity index (χ1) is 14.6. The van der Waals surface area contributed by atoms with Crippen molar-refractivity contribution in [3.8, 4) is 11.4 Å². The molecular formula is C21H22N8S. The van der Waals surface area contributed by atoms with Crippen LogP contribution in [0.15, 0.2) is 59.8 Å². The topological polar surface area (TPSA) is 107 Å². The zero-order valence-corrected chi connectivity index (χ0v) is 17.6. The molecule has 152 valence electrons. The van der Waals surface area contributed by atoms with Gasteiger partial charge in [0.05, 0.1) is 5.75 Å². The summed E-state index contributed by atoms with van der Waals surface area (Å²) in [7, 11) is 0. The highest BCUT2D eigenvalue weighted by molar-refractivity contribution is 7.98. The van der Waals surface area contributed by atoms with Gasteiger partial charge < -0.3 is 15.6 Å².